The van der Waals surface area contributed by atoms with Crippen LogP contribution in [-0.2, 0) is 14.3 Å². The average molecular weight is 575 g/mol. The van der Waals surface area contributed by atoms with Crippen LogP contribution in [0.15, 0.2) is 63.5 Å². The van der Waals surface area contributed by atoms with Gasteiger partial charge in [-0.3, -0.25) is 9.36 Å². The Bertz CT molecular complexity index is 1660. The number of fused-ring (bicyclic) bond motifs is 1. The van der Waals surface area contributed by atoms with Crippen LogP contribution in [0.2, 0.25) is 0 Å². The fourth-order valence-corrected chi connectivity index (χ4v) is 5.58. The average Bonchev–Trinajstić information content (AvgIpc) is 3.26. The van der Waals surface area contributed by atoms with Gasteiger partial charge in [-0.05, 0) is 54.7 Å². The van der Waals surface area contributed by atoms with Crippen LogP contribution in [0.25, 0.3) is 6.08 Å². The summed E-state index contributed by atoms with van der Waals surface area (Å²) in [6.07, 6.45) is 7.12. The van der Waals surface area contributed by atoms with Crippen molar-refractivity contribution in [3.05, 3.63) is 90.1 Å². The minimum Gasteiger partial charge on any atom is -0.490 e. The molecule has 9 heteroatoms. The summed E-state index contributed by atoms with van der Waals surface area (Å²) in [4.78, 5) is 32.4. The van der Waals surface area contributed by atoms with Crippen molar-refractivity contribution < 1.29 is 23.7 Å². The number of terminal acetylenes is 1. The molecule has 0 amide bonds. The molecule has 1 aliphatic heterocycles. The van der Waals surface area contributed by atoms with Crippen molar-refractivity contribution in [1.29, 1.82) is 0 Å². The van der Waals surface area contributed by atoms with E-state index >= 15 is 0 Å². The summed E-state index contributed by atoms with van der Waals surface area (Å²) in [5.74, 6) is 3.32. The van der Waals surface area contributed by atoms with E-state index < -0.39 is 12.0 Å². The summed E-state index contributed by atoms with van der Waals surface area (Å²) in [5, 5.41) is 0. The highest BCUT2D eigenvalue weighted by atomic mass is 32.1. The van der Waals surface area contributed by atoms with Gasteiger partial charge in [0.1, 0.15) is 13.2 Å². The van der Waals surface area contributed by atoms with Crippen LogP contribution in [0.1, 0.15) is 56.3 Å². The fourth-order valence-electron chi connectivity index (χ4n) is 4.53. The zero-order valence-electron chi connectivity index (χ0n) is 23.9. The summed E-state index contributed by atoms with van der Waals surface area (Å²) < 4.78 is 23.9. The third kappa shape index (κ3) is 6.62. The third-order valence-electron chi connectivity index (χ3n) is 6.56. The maximum atomic E-state index is 13.9. The van der Waals surface area contributed by atoms with E-state index in [4.69, 9.17) is 25.4 Å². The molecule has 4 rings (SSSR count). The van der Waals surface area contributed by atoms with Gasteiger partial charge in [-0.25, -0.2) is 9.79 Å². The van der Waals surface area contributed by atoms with Crippen molar-refractivity contribution in [2.24, 2.45) is 4.99 Å². The van der Waals surface area contributed by atoms with Crippen molar-refractivity contribution in [2.75, 3.05) is 33.5 Å². The van der Waals surface area contributed by atoms with E-state index in [1.54, 1.807) is 29.7 Å². The number of nitrogens with zero attached hydrogens (tertiary/aromatic N) is 2. The second-order valence-corrected chi connectivity index (χ2v) is 10.7. The van der Waals surface area contributed by atoms with E-state index in [0.29, 0.717) is 44.6 Å². The third-order valence-corrected chi connectivity index (χ3v) is 7.54. The first-order valence-electron chi connectivity index (χ1n) is 13.4. The first kappa shape index (κ1) is 29.8. The van der Waals surface area contributed by atoms with E-state index in [0.717, 1.165) is 16.7 Å². The van der Waals surface area contributed by atoms with Gasteiger partial charge >= 0.3 is 5.97 Å². The van der Waals surface area contributed by atoms with Crippen molar-refractivity contribution >= 4 is 23.4 Å². The zero-order chi connectivity index (χ0) is 29.5. The second kappa shape index (κ2) is 13.5. The molecule has 2 aromatic carbocycles. The van der Waals surface area contributed by atoms with Gasteiger partial charge in [0.2, 0.25) is 0 Å². The Balaban J connectivity index is 1.84. The van der Waals surface area contributed by atoms with Gasteiger partial charge in [0.25, 0.3) is 5.56 Å². The van der Waals surface area contributed by atoms with Gasteiger partial charge in [-0.2, -0.15) is 0 Å². The minimum atomic E-state index is -0.691. The van der Waals surface area contributed by atoms with Gasteiger partial charge in [0.15, 0.2) is 16.3 Å². The number of allylic oxidation sites excluding steroid dienone is 1. The molecule has 0 aliphatic carbocycles. The van der Waals surface area contributed by atoms with Gasteiger partial charge in [-0.15, -0.1) is 6.42 Å². The Kier molecular flexibility index (Phi) is 9.82. The lowest BCUT2D eigenvalue weighted by atomic mass is 9.93. The molecule has 0 bridgehead atoms. The zero-order valence-corrected chi connectivity index (χ0v) is 24.7. The number of thiazole rings is 1. The molecule has 214 valence electrons. The number of carbonyl (C=O) groups is 1. The van der Waals surface area contributed by atoms with Crippen LogP contribution in [-0.4, -0.2) is 44.1 Å². The maximum absolute atomic E-state index is 13.9. The molecule has 1 unspecified atom stereocenters. The topological polar surface area (TPSA) is 88.4 Å². The van der Waals surface area contributed by atoms with Crippen LogP contribution < -0.4 is 24.4 Å². The van der Waals surface area contributed by atoms with Crippen LogP contribution in [0.4, 0.5) is 0 Å². The monoisotopic (exact) mass is 574 g/mol. The van der Waals surface area contributed by atoms with Crippen LogP contribution in [0.3, 0.4) is 0 Å². The number of carbonyl (C=O) groups excluding carboxylic acids is 1. The first-order chi connectivity index (χ1) is 19.8. The van der Waals surface area contributed by atoms with Gasteiger partial charge in [0.05, 0.1) is 35.1 Å². The Hall–Kier alpha value is -4.13. The number of hydrogen-bond acceptors (Lipinski definition) is 8. The van der Waals surface area contributed by atoms with E-state index in [2.05, 4.69) is 24.8 Å². The standard InChI is InChI=1S/C32H34N2O6S/c1-7-15-39-25-14-9-22(18-26(25)38-8-2)19-27-30(35)34-29(24-12-10-23(11-13-24)20(3)4)28(21(5)33-32(34)41-27)31(36)40-17-16-37-6/h1,9-14,18-20,29H,8,15-17H2,2-6H3. The van der Waals surface area contributed by atoms with Crippen molar-refractivity contribution in [3.63, 3.8) is 0 Å². The lowest BCUT2D eigenvalue weighted by Crippen LogP contribution is -2.40. The molecule has 1 aliphatic rings. The van der Waals surface area contributed by atoms with Gasteiger partial charge in [-0.1, -0.05) is 61.4 Å². The van der Waals surface area contributed by atoms with E-state index in [-0.39, 0.29) is 25.4 Å². The quantitative estimate of drug-likeness (QED) is 0.196. The Labute approximate surface area is 243 Å². The SMILES string of the molecule is C#CCOc1ccc(C=c2sc3n(c2=O)C(c2ccc(C(C)C)cc2)C(C(=O)OCCOC)=C(C)N=3)cc1OCC. The molecule has 0 saturated carbocycles. The number of aromatic nitrogens is 1. The van der Waals surface area contributed by atoms with Crippen molar-refractivity contribution in [1.82, 2.24) is 4.57 Å². The van der Waals surface area contributed by atoms with Crippen molar-refractivity contribution in [3.8, 4) is 23.8 Å². The van der Waals surface area contributed by atoms with Crippen LogP contribution in [0.5, 0.6) is 11.5 Å². The molecule has 1 aromatic heterocycles. The van der Waals surface area contributed by atoms with E-state index in [1.165, 1.54) is 18.4 Å². The van der Waals surface area contributed by atoms with Crippen molar-refractivity contribution in [2.45, 2.75) is 39.7 Å². The normalized spacial score (nSPS) is 14.9. The number of ether oxygens (including phenoxy) is 4. The molecule has 0 spiro atoms. The second-order valence-electron chi connectivity index (χ2n) is 9.66. The molecule has 3 aromatic rings. The largest absolute Gasteiger partial charge is 0.490 e. The molecule has 0 saturated heterocycles. The van der Waals surface area contributed by atoms with Gasteiger partial charge < -0.3 is 18.9 Å². The molecule has 2 heterocycles. The van der Waals surface area contributed by atoms with E-state index in [1.807, 2.05) is 37.3 Å². The summed E-state index contributed by atoms with van der Waals surface area (Å²) in [6, 6.07) is 12.7. The molecular weight excluding hydrogens is 540 g/mol. The highest BCUT2D eigenvalue weighted by Gasteiger charge is 2.33. The Morgan fingerprint density at radius 1 is 1.15 bits per heavy atom. The molecule has 0 radical (unpaired) electrons. The molecule has 8 nitrogen and oxygen atoms in total. The molecule has 41 heavy (non-hydrogen) atoms. The van der Waals surface area contributed by atoms with E-state index in [9.17, 15) is 9.59 Å². The maximum Gasteiger partial charge on any atom is 0.338 e. The fraction of sp³-hybridized carbons (Fsp3) is 0.344. The summed E-state index contributed by atoms with van der Waals surface area (Å²) in [6.45, 7) is 8.80. The summed E-state index contributed by atoms with van der Waals surface area (Å²) in [5.41, 5.74) is 3.28. The highest BCUT2D eigenvalue weighted by Crippen LogP contribution is 2.32. The van der Waals surface area contributed by atoms with Crippen LogP contribution >= 0.6 is 11.3 Å². The molecule has 0 N–H and O–H groups in total. The lowest BCUT2D eigenvalue weighted by molar-refractivity contribution is -0.140. The Morgan fingerprint density at radius 2 is 1.90 bits per heavy atom. The predicted molar refractivity (Wildman–Crippen MR) is 159 cm³/mol. The summed E-state index contributed by atoms with van der Waals surface area (Å²) in [7, 11) is 1.54. The first-order valence-corrected chi connectivity index (χ1v) is 14.2. The lowest BCUT2D eigenvalue weighted by Gasteiger charge is -2.25. The highest BCUT2D eigenvalue weighted by molar-refractivity contribution is 7.07. The summed E-state index contributed by atoms with van der Waals surface area (Å²) >= 11 is 1.26. The van der Waals surface area contributed by atoms with Crippen LogP contribution in [0, 0.1) is 12.3 Å². The smallest absolute Gasteiger partial charge is 0.338 e. The number of rotatable bonds is 11. The predicted octanol–water partition coefficient (Wildman–Crippen LogP) is 3.96. The number of methoxy groups -OCH3 is 1. The number of hydrogen-bond donors (Lipinski definition) is 0. The minimum absolute atomic E-state index is 0.0960. The number of benzene rings is 2. The molecule has 0 fully saturated rings. The molecular formula is C32H34N2O6S. The Morgan fingerprint density at radius 3 is 2.56 bits per heavy atom. The van der Waals surface area contributed by atoms with Gasteiger partial charge in [0, 0.05) is 7.11 Å². The number of esters is 1. The molecule has 1 atom stereocenters.